The predicted molar refractivity (Wildman–Crippen MR) is 103 cm³/mol. The number of hydrogen-bond donors (Lipinski definition) is 1. The molecule has 1 aliphatic heterocycles. The molecule has 3 rings (SSSR count). The molecule has 5 nitrogen and oxygen atoms in total. The molecule has 0 saturated heterocycles. The molecular weight excluding hydrogens is 328 g/mol. The Morgan fingerprint density at radius 2 is 2.08 bits per heavy atom. The lowest BCUT2D eigenvalue weighted by atomic mass is 9.94. The number of anilines is 1. The third kappa shape index (κ3) is 3.94. The van der Waals surface area contributed by atoms with Crippen molar-refractivity contribution in [3.05, 3.63) is 65.4 Å². The van der Waals surface area contributed by atoms with Crippen LogP contribution in [0.25, 0.3) is 11.1 Å². The maximum atomic E-state index is 12.0. The van der Waals surface area contributed by atoms with E-state index in [4.69, 9.17) is 9.57 Å². The summed E-state index contributed by atoms with van der Waals surface area (Å²) in [5, 5.41) is 6.94. The zero-order valence-electron chi connectivity index (χ0n) is 15.2. The number of carbonyl (C=O) groups is 1. The van der Waals surface area contributed by atoms with Crippen LogP contribution in [0.4, 0.5) is 5.69 Å². The minimum absolute atomic E-state index is 0.0845. The summed E-state index contributed by atoms with van der Waals surface area (Å²) >= 11 is 0. The van der Waals surface area contributed by atoms with Gasteiger partial charge in [0.1, 0.15) is 6.61 Å². The third-order valence-corrected chi connectivity index (χ3v) is 4.28. The van der Waals surface area contributed by atoms with Crippen LogP contribution < -0.4 is 5.32 Å². The van der Waals surface area contributed by atoms with Crippen molar-refractivity contribution in [3.63, 3.8) is 0 Å². The summed E-state index contributed by atoms with van der Waals surface area (Å²) in [6.07, 6.45) is 3.45. The van der Waals surface area contributed by atoms with E-state index in [2.05, 4.69) is 35.6 Å². The second-order valence-corrected chi connectivity index (χ2v) is 6.21. The molecular formula is C21H22N2O3. The van der Waals surface area contributed by atoms with Gasteiger partial charge in [0.25, 0.3) is 0 Å². The summed E-state index contributed by atoms with van der Waals surface area (Å²) < 4.78 is 4.81. The molecule has 134 valence electrons. The fourth-order valence-electron chi connectivity index (χ4n) is 2.96. The Balaban J connectivity index is 1.85. The van der Waals surface area contributed by atoms with E-state index in [1.165, 1.54) is 6.26 Å². The van der Waals surface area contributed by atoms with Crippen LogP contribution in [0.2, 0.25) is 0 Å². The number of hydrogen-bond acceptors (Lipinski definition) is 4. The SMILES string of the molecule is CO/C=C\CC(=O)Nc1ccc(C)c(-c2ccc3c(c2)CON=C3C)c1. The lowest BCUT2D eigenvalue weighted by Crippen LogP contribution is -2.10. The Morgan fingerprint density at radius 3 is 2.88 bits per heavy atom. The van der Waals surface area contributed by atoms with Gasteiger partial charge in [0.2, 0.25) is 5.91 Å². The number of fused-ring (bicyclic) bond motifs is 1. The maximum absolute atomic E-state index is 12.0. The van der Waals surface area contributed by atoms with Gasteiger partial charge >= 0.3 is 0 Å². The Kier molecular flexibility index (Phi) is 5.37. The summed E-state index contributed by atoms with van der Waals surface area (Å²) in [5.74, 6) is -0.0845. The topological polar surface area (TPSA) is 59.9 Å². The number of amides is 1. The van der Waals surface area contributed by atoms with Crippen LogP contribution in [-0.4, -0.2) is 18.7 Å². The standard InChI is InChI=1S/C21H22N2O3/c1-14-6-8-18(22-21(24)5-4-10-25-3)12-20(14)16-7-9-19-15(2)23-26-13-17(19)11-16/h4,6-12H,5,13H2,1-3H3,(H,22,24)/b10-4-. The lowest BCUT2D eigenvalue weighted by molar-refractivity contribution is -0.115. The second-order valence-electron chi connectivity index (χ2n) is 6.21. The predicted octanol–water partition coefficient (Wildman–Crippen LogP) is 4.40. The highest BCUT2D eigenvalue weighted by Gasteiger charge is 2.14. The van der Waals surface area contributed by atoms with Crippen molar-refractivity contribution in [1.82, 2.24) is 0 Å². The number of ether oxygens (including phenoxy) is 1. The van der Waals surface area contributed by atoms with Gasteiger partial charge in [-0.25, -0.2) is 0 Å². The molecule has 2 aromatic rings. The second kappa shape index (κ2) is 7.87. The number of aryl methyl sites for hydroxylation is 1. The molecule has 0 saturated carbocycles. The van der Waals surface area contributed by atoms with Crippen molar-refractivity contribution in [1.29, 1.82) is 0 Å². The van der Waals surface area contributed by atoms with Crippen molar-refractivity contribution in [2.45, 2.75) is 26.9 Å². The highest BCUT2D eigenvalue weighted by molar-refractivity contribution is 6.00. The van der Waals surface area contributed by atoms with E-state index in [0.717, 1.165) is 39.2 Å². The fourth-order valence-corrected chi connectivity index (χ4v) is 2.96. The van der Waals surface area contributed by atoms with Crippen LogP contribution in [-0.2, 0) is 21.0 Å². The first-order chi connectivity index (χ1) is 12.6. The Labute approximate surface area is 153 Å². The minimum Gasteiger partial charge on any atom is -0.505 e. The Hall–Kier alpha value is -3.08. The summed E-state index contributed by atoms with van der Waals surface area (Å²) in [5.41, 5.74) is 7.21. The average Bonchev–Trinajstić information content (AvgIpc) is 2.63. The van der Waals surface area contributed by atoms with Crippen LogP contribution in [0.15, 0.2) is 53.9 Å². The molecule has 0 unspecified atom stereocenters. The monoisotopic (exact) mass is 350 g/mol. The molecule has 0 aromatic heterocycles. The van der Waals surface area contributed by atoms with Crippen LogP contribution in [0.1, 0.15) is 30.0 Å². The molecule has 0 radical (unpaired) electrons. The molecule has 26 heavy (non-hydrogen) atoms. The third-order valence-electron chi connectivity index (χ3n) is 4.28. The Morgan fingerprint density at radius 1 is 1.23 bits per heavy atom. The van der Waals surface area contributed by atoms with Gasteiger partial charge in [-0.3, -0.25) is 4.79 Å². The number of nitrogens with one attached hydrogen (secondary N) is 1. The molecule has 0 aliphatic carbocycles. The van der Waals surface area contributed by atoms with E-state index < -0.39 is 0 Å². The highest BCUT2D eigenvalue weighted by Crippen LogP contribution is 2.30. The molecule has 0 atom stereocenters. The molecule has 0 bridgehead atoms. The zero-order valence-corrected chi connectivity index (χ0v) is 15.2. The molecule has 2 aromatic carbocycles. The van der Waals surface area contributed by atoms with E-state index in [9.17, 15) is 4.79 Å². The highest BCUT2D eigenvalue weighted by atomic mass is 16.6. The largest absolute Gasteiger partial charge is 0.505 e. The van der Waals surface area contributed by atoms with Crippen molar-refractivity contribution in [2.24, 2.45) is 5.16 Å². The maximum Gasteiger partial charge on any atom is 0.228 e. The number of rotatable bonds is 5. The lowest BCUT2D eigenvalue weighted by Gasteiger charge is -2.16. The van der Waals surface area contributed by atoms with Gasteiger partial charge in [-0.1, -0.05) is 23.4 Å². The number of methoxy groups -OCH3 is 1. The fraction of sp³-hybridized carbons (Fsp3) is 0.238. The van der Waals surface area contributed by atoms with E-state index in [1.807, 2.05) is 25.1 Å². The number of carbonyl (C=O) groups excluding carboxylic acids is 1. The van der Waals surface area contributed by atoms with Gasteiger partial charge < -0.3 is 14.9 Å². The van der Waals surface area contributed by atoms with E-state index in [0.29, 0.717) is 6.61 Å². The molecule has 5 heteroatoms. The van der Waals surface area contributed by atoms with Crippen molar-refractivity contribution >= 4 is 17.3 Å². The summed E-state index contributed by atoms with van der Waals surface area (Å²) in [6, 6.07) is 12.2. The Bertz CT molecular complexity index is 885. The van der Waals surface area contributed by atoms with Crippen LogP contribution in [0.5, 0.6) is 0 Å². The minimum atomic E-state index is -0.0845. The van der Waals surface area contributed by atoms with Crippen LogP contribution in [0.3, 0.4) is 0 Å². The molecule has 1 amide bonds. The smallest absolute Gasteiger partial charge is 0.228 e. The number of nitrogens with zero attached hydrogens (tertiary/aromatic N) is 1. The summed E-state index contributed by atoms with van der Waals surface area (Å²) in [7, 11) is 1.55. The van der Waals surface area contributed by atoms with Crippen LogP contribution >= 0.6 is 0 Å². The zero-order chi connectivity index (χ0) is 18.5. The van der Waals surface area contributed by atoms with Crippen molar-refractivity contribution < 1.29 is 14.4 Å². The van der Waals surface area contributed by atoms with Crippen molar-refractivity contribution in [2.75, 3.05) is 12.4 Å². The van der Waals surface area contributed by atoms with Gasteiger partial charge in [-0.15, -0.1) is 0 Å². The number of oxime groups is 1. The molecule has 0 fully saturated rings. The average molecular weight is 350 g/mol. The molecule has 1 N–H and O–H groups in total. The number of benzene rings is 2. The van der Waals surface area contributed by atoms with Gasteiger partial charge in [0, 0.05) is 23.2 Å². The first-order valence-corrected chi connectivity index (χ1v) is 8.47. The summed E-state index contributed by atoms with van der Waals surface area (Å²) in [4.78, 5) is 17.3. The molecule has 1 aliphatic rings. The van der Waals surface area contributed by atoms with E-state index in [-0.39, 0.29) is 12.3 Å². The normalized spacial score (nSPS) is 13.0. The van der Waals surface area contributed by atoms with Gasteiger partial charge in [0.05, 0.1) is 19.1 Å². The van der Waals surface area contributed by atoms with Gasteiger partial charge in [-0.05, 0) is 54.8 Å². The van der Waals surface area contributed by atoms with Gasteiger partial charge in [-0.2, -0.15) is 0 Å². The van der Waals surface area contributed by atoms with Crippen LogP contribution in [0, 0.1) is 6.92 Å². The van der Waals surface area contributed by atoms with Gasteiger partial charge in [0.15, 0.2) is 0 Å². The molecule has 0 spiro atoms. The summed E-state index contributed by atoms with van der Waals surface area (Å²) in [6.45, 7) is 4.48. The van der Waals surface area contributed by atoms with E-state index >= 15 is 0 Å². The van der Waals surface area contributed by atoms with Crippen molar-refractivity contribution in [3.8, 4) is 11.1 Å². The molecule has 1 heterocycles. The first-order valence-electron chi connectivity index (χ1n) is 8.47. The van der Waals surface area contributed by atoms with E-state index in [1.54, 1.807) is 13.2 Å². The first kappa shape index (κ1) is 17.7. The quantitative estimate of drug-likeness (QED) is 0.813.